The van der Waals surface area contributed by atoms with E-state index in [9.17, 15) is 4.79 Å². The largest absolute Gasteiger partial charge is 0.496 e. The minimum absolute atomic E-state index is 0.0616. The van der Waals surface area contributed by atoms with Gasteiger partial charge in [0.05, 0.1) is 7.11 Å². The van der Waals surface area contributed by atoms with Crippen molar-refractivity contribution in [1.29, 1.82) is 0 Å². The third-order valence-corrected chi connectivity index (χ3v) is 6.98. The van der Waals surface area contributed by atoms with Crippen LogP contribution < -0.4 is 10.1 Å². The van der Waals surface area contributed by atoms with Crippen LogP contribution in [0.3, 0.4) is 0 Å². The van der Waals surface area contributed by atoms with E-state index < -0.39 is 0 Å². The van der Waals surface area contributed by atoms with Crippen LogP contribution >= 0.6 is 0 Å². The van der Waals surface area contributed by atoms with Crippen LogP contribution in [0.4, 0.5) is 0 Å². The lowest BCUT2D eigenvalue weighted by atomic mass is 9.93. The van der Waals surface area contributed by atoms with Gasteiger partial charge in [0.1, 0.15) is 11.5 Å². The molecule has 1 aliphatic rings. The van der Waals surface area contributed by atoms with Crippen molar-refractivity contribution in [3.8, 4) is 5.75 Å². The maximum absolute atomic E-state index is 12.7. The molecular weight excluding hydrogens is 398 g/mol. The highest BCUT2D eigenvalue weighted by molar-refractivity contribution is 6.43. The molecule has 32 heavy (non-hydrogen) atoms. The molecule has 2 rings (SSSR count). The molecular formula is C27H43N3O2. The molecule has 1 aliphatic heterocycles. The van der Waals surface area contributed by atoms with E-state index >= 15 is 0 Å². The van der Waals surface area contributed by atoms with Gasteiger partial charge in [-0.1, -0.05) is 18.6 Å². The lowest BCUT2D eigenvalue weighted by Crippen LogP contribution is -2.46. The Hall–Kier alpha value is -2.14. The van der Waals surface area contributed by atoms with Crippen molar-refractivity contribution in [2.75, 3.05) is 13.7 Å². The molecule has 0 saturated carbocycles. The van der Waals surface area contributed by atoms with Crippen molar-refractivity contribution in [2.45, 2.75) is 98.8 Å². The van der Waals surface area contributed by atoms with Crippen molar-refractivity contribution < 1.29 is 9.53 Å². The van der Waals surface area contributed by atoms with Crippen molar-refractivity contribution in [3.05, 3.63) is 40.5 Å². The summed E-state index contributed by atoms with van der Waals surface area (Å²) in [5.74, 6) is 0.876. The zero-order chi connectivity index (χ0) is 24.0. The van der Waals surface area contributed by atoms with Crippen LogP contribution in [-0.2, 0) is 4.79 Å². The average Bonchev–Trinajstić information content (AvgIpc) is 2.75. The first kappa shape index (κ1) is 26.1. The summed E-state index contributed by atoms with van der Waals surface area (Å²) >= 11 is 0. The van der Waals surface area contributed by atoms with Crippen LogP contribution in [0.25, 0.3) is 0 Å². The van der Waals surface area contributed by atoms with E-state index in [1.165, 1.54) is 22.3 Å². The minimum Gasteiger partial charge on any atom is -0.496 e. The fourth-order valence-corrected chi connectivity index (χ4v) is 4.89. The van der Waals surface area contributed by atoms with Crippen LogP contribution in [0.15, 0.2) is 28.8 Å². The first-order valence-corrected chi connectivity index (χ1v) is 12.0. The van der Waals surface area contributed by atoms with Crippen LogP contribution in [0.2, 0.25) is 0 Å². The molecule has 1 heterocycles. The van der Waals surface area contributed by atoms with Crippen molar-refractivity contribution in [2.24, 2.45) is 4.99 Å². The lowest BCUT2D eigenvalue weighted by molar-refractivity contribution is -0.115. The number of ether oxygens (including phenoxy) is 1. The van der Waals surface area contributed by atoms with E-state index in [0.717, 1.165) is 25.0 Å². The van der Waals surface area contributed by atoms with Crippen LogP contribution in [0, 0.1) is 13.8 Å². The number of amides is 1. The van der Waals surface area contributed by atoms with E-state index in [2.05, 4.69) is 82.7 Å². The number of carbonyl (C=O) groups excluding carboxylic acids is 1. The molecule has 4 unspecified atom stereocenters. The summed E-state index contributed by atoms with van der Waals surface area (Å²) < 4.78 is 5.52. The highest BCUT2D eigenvalue weighted by atomic mass is 16.5. The molecule has 1 aromatic rings. The summed E-state index contributed by atoms with van der Waals surface area (Å²) in [7, 11) is 1.73. The van der Waals surface area contributed by atoms with Gasteiger partial charge >= 0.3 is 0 Å². The smallest absolute Gasteiger partial charge is 0.269 e. The number of nitrogens with zero attached hydrogens (tertiary/aromatic N) is 2. The number of benzene rings is 1. The Morgan fingerprint density at radius 1 is 1.12 bits per heavy atom. The Labute approximate surface area is 195 Å². The molecule has 0 spiro atoms. The molecule has 5 heteroatoms. The first-order chi connectivity index (χ1) is 15.1. The third-order valence-electron chi connectivity index (χ3n) is 6.98. The fraction of sp³-hybridized carbons (Fsp3) is 0.630. The summed E-state index contributed by atoms with van der Waals surface area (Å²) in [6.45, 7) is 18.3. The predicted octanol–water partition coefficient (Wildman–Crippen LogP) is 5.55. The number of hydrogen-bond acceptors (Lipinski definition) is 4. The fourth-order valence-electron chi connectivity index (χ4n) is 4.89. The van der Waals surface area contributed by atoms with Gasteiger partial charge in [-0.15, -0.1) is 0 Å². The van der Waals surface area contributed by atoms with E-state index in [1.807, 2.05) is 6.08 Å². The van der Waals surface area contributed by atoms with Crippen LogP contribution in [0.5, 0.6) is 5.75 Å². The molecule has 0 saturated heterocycles. The molecule has 0 radical (unpaired) electrons. The molecule has 0 aliphatic carbocycles. The van der Waals surface area contributed by atoms with Gasteiger partial charge in [0.15, 0.2) is 0 Å². The summed E-state index contributed by atoms with van der Waals surface area (Å²) in [6, 6.07) is 5.35. The van der Waals surface area contributed by atoms with Gasteiger partial charge in [0.25, 0.3) is 5.91 Å². The summed E-state index contributed by atoms with van der Waals surface area (Å²) in [6.07, 6.45) is 4.81. The summed E-state index contributed by atoms with van der Waals surface area (Å²) in [5.41, 5.74) is 5.60. The number of nitrogens with one attached hydrogen (secondary N) is 1. The zero-order valence-electron chi connectivity index (χ0n) is 21.6. The van der Waals surface area contributed by atoms with Gasteiger partial charge in [0, 0.05) is 30.7 Å². The van der Waals surface area contributed by atoms with Gasteiger partial charge in [-0.25, -0.2) is 0 Å². The van der Waals surface area contributed by atoms with E-state index in [1.54, 1.807) is 7.11 Å². The van der Waals surface area contributed by atoms with Gasteiger partial charge in [-0.05, 0) is 96.6 Å². The second-order valence-corrected chi connectivity index (χ2v) is 9.45. The predicted molar refractivity (Wildman–Crippen MR) is 135 cm³/mol. The van der Waals surface area contributed by atoms with Crippen LogP contribution in [-0.4, -0.2) is 48.3 Å². The van der Waals surface area contributed by atoms with E-state index in [4.69, 9.17) is 4.74 Å². The monoisotopic (exact) mass is 441 g/mol. The molecule has 178 valence electrons. The quantitative estimate of drug-likeness (QED) is 0.518. The summed E-state index contributed by atoms with van der Waals surface area (Å²) in [5, 5.41) is 3.17. The minimum atomic E-state index is -0.0616. The topological polar surface area (TPSA) is 53.9 Å². The average molecular weight is 442 g/mol. The molecule has 1 aromatic carbocycles. The van der Waals surface area contributed by atoms with Gasteiger partial charge in [0.2, 0.25) is 0 Å². The number of carbonyl (C=O) groups is 1. The number of dihydropyridines is 1. The second kappa shape index (κ2) is 11.6. The maximum atomic E-state index is 12.7. The Balaban J connectivity index is 2.16. The third kappa shape index (κ3) is 6.22. The number of hydrogen-bond donors (Lipinski definition) is 1. The van der Waals surface area contributed by atoms with E-state index in [-0.39, 0.29) is 18.0 Å². The lowest BCUT2D eigenvalue weighted by Gasteiger charge is -2.41. The Morgan fingerprint density at radius 2 is 1.81 bits per heavy atom. The second-order valence-electron chi connectivity index (χ2n) is 9.45. The van der Waals surface area contributed by atoms with Crippen molar-refractivity contribution in [1.82, 2.24) is 10.2 Å². The highest BCUT2D eigenvalue weighted by Gasteiger charge is 2.28. The number of rotatable bonds is 10. The molecule has 4 atom stereocenters. The zero-order valence-corrected chi connectivity index (χ0v) is 21.6. The molecule has 1 N–H and O–H groups in total. The number of methoxy groups -OCH3 is 1. The first-order valence-electron chi connectivity index (χ1n) is 12.0. The molecule has 1 amide bonds. The van der Waals surface area contributed by atoms with Crippen molar-refractivity contribution in [3.63, 3.8) is 0 Å². The molecule has 0 aromatic heterocycles. The van der Waals surface area contributed by atoms with Gasteiger partial charge in [-0.2, -0.15) is 0 Å². The number of aliphatic imine (C=N–C) groups is 1. The molecule has 5 nitrogen and oxygen atoms in total. The highest BCUT2D eigenvalue weighted by Crippen LogP contribution is 2.33. The Kier molecular flexibility index (Phi) is 9.50. The van der Waals surface area contributed by atoms with Gasteiger partial charge < -0.3 is 10.1 Å². The Bertz CT molecular complexity index is 859. The molecule has 0 fully saturated rings. The normalized spacial score (nSPS) is 17.8. The molecule has 0 bridgehead atoms. The standard InChI is InChI=1S/C27H43N3O2/c1-10-19(4)30(23(8)24-11-12-26(32-9)22(7)21(24)6)20(5)16-18(3)29-27(31)25-15-17(2)13-14-28-25/h11-12,15,18-20,23H,10,13-14,16H2,1-9H3,(H,29,31). The SMILES string of the molecule is CCC(C)N(C(C)CC(C)NC(=O)C1=NCCC(C)=C1)C(C)c1ccc(OC)c(C)c1C. The van der Waals surface area contributed by atoms with Crippen LogP contribution in [0.1, 0.15) is 83.5 Å². The Morgan fingerprint density at radius 3 is 2.41 bits per heavy atom. The van der Waals surface area contributed by atoms with Gasteiger partial charge in [-0.3, -0.25) is 14.7 Å². The van der Waals surface area contributed by atoms with E-state index in [0.29, 0.717) is 24.3 Å². The van der Waals surface area contributed by atoms with Crippen molar-refractivity contribution >= 4 is 11.6 Å². The summed E-state index contributed by atoms with van der Waals surface area (Å²) in [4.78, 5) is 19.7. The maximum Gasteiger partial charge on any atom is 0.269 e.